The van der Waals surface area contributed by atoms with Crippen molar-refractivity contribution in [2.75, 3.05) is 0 Å². The van der Waals surface area contributed by atoms with Crippen LogP contribution in [0.15, 0.2) is 42.5 Å². The standard InChI is InChI=1S/C16H12F3NO/c17-16(18,19)14-5-3-10(4-6-14)11-1-2-12-8-15(21)20-9-13(12)7-11/h1-7H,8-9H2,(H,20,21). The van der Waals surface area contributed by atoms with Gasteiger partial charge in [-0.1, -0.05) is 24.3 Å². The molecule has 21 heavy (non-hydrogen) atoms. The van der Waals surface area contributed by atoms with E-state index in [4.69, 9.17) is 0 Å². The van der Waals surface area contributed by atoms with E-state index < -0.39 is 11.7 Å². The number of rotatable bonds is 1. The van der Waals surface area contributed by atoms with Crippen molar-refractivity contribution < 1.29 is 18.0 Å². The number of carbonyl (C=O) groups is 1. The first-order valence-electron chi connectivity index (χ1n) is 6.49. The summed E-state index contributed by atoms with van der Waals surface area (Å²) in [4.78, 5) is 11.3. The molecule has 3 rings (SSSR count). The van der Waals surface area contributed by atoms with E-state index in [1.54, 1.807) is 0 Å². The summed E-state index contributed by atoms with van der Waals surface area (Å²) in [5, 5.41) is 2.76. The number of hydrogen-bond acceptors (Lipinski definition) is 1. The second-order valence-corrected chi connectivity index (χ2v) is 5.01. The quantitative estimate of drug-likeness (QED) is 0.855. The van der Waals surface area contributed by atoms with Crippen molar-refractivity contribution in [3.8, 4) is 11.1 Å². The summed E-state index contributed by atoms with van der Waals surface area (Å²) in [7, 11) is 0. The van der Waals surface area contributed by atoms with E-state index in [9.17, 15) is 18.0 Å². The number of amides is 1. The molecule has 0 fully saturated rings. The van der Waals surface area contributed by atoms with Crippen molar-refractivity contribution in [3.63, 3.8) is 0 Å². The predicted molar refractivity (Wildman–Crippen MR) is 72.4 cm³/mol. The van der Waals surface area contributed by atoms with Crippen molar-refractivity contribution in [1.82, 2.24) is 5.32 Å². The second kappa shape index (κ2) is 4.91. The van der Waals surface area contributed by atoms with E-state index in [1.807, 2.05) is 18.2 Å². The number of benzene rings is 2. The van der Waals surface area contributed by atoms with Crippen molar-refractivity contribution in [2.45, 2.75) is 19.1 Å². The van der Waals surface area contributed by atoms with Crippen LogP contribution in [0.3, 0.4) is 0 Å². The Labute approximate surface area is 119 Å². The fourth-order valence-corrected chi connectivity index (χ4v) is 2.42. The Balaban J connectivity index is 1.92. The fourth-order valence-electron chi connectivity index (χ4n) is 2.42. The lowest BCUT2D eigenvalue weighted by Gasteiger charge is -2.17. The first kappa shape index (κ1) is 13.7. The molecule has 2 nitrogen and oxygen atoms in total. The molecule has 1 amide bonds. The maximum atomic E-state index is 12.5. The van der Waals surface area contributed by atoms with Crippen LogP contribution in [0.2, 0.25) is 0 Å². The molecule has 1 heterocycles. The molecular weight excluding hydrogens is 279 g/mol. The van der Waals surface area contributed by atoms with Crippen molar-refractivity contribution >= 4 is 5.91 Å². The van der Waals surface area contributed by atoms with Crippen LogP contribution in [0, 0.1) is 0 Å². The third kappa shape index (κ3) is 2.77. The zero-order valence-electron chi connectivity index (χ0n) is 11.0. The number of nitrogens with one attached hydrogen (secondary N) is 1. The first-order chi connectivity index (χ1) is 9.93. The number of fused-ring (bicyclic) bond motifs is 1. The summed E-state index contributed by atoms with van der Waals surface area (Å²) < 4.78 is 37.6. The number of hydrogen-bond donors (Lipinski definition) is 1. The van der Waals surface area contributed by atoms with Gasteiger partial charge in [0.1, 0.15) is 0 Å². The van der Waals surface area contributed by atoms with Crippen molar-refractivity contribution in [3.05, 3.63) is 59.2 Å². The lowest BCUT2D eigenvalue weighted by atomic mass is 9.95. The molecule has 5 heteroatoms. The van der Waals surface area contributed by atoms with E-state index in [0.717, 1.165) is 34.4 Å². The second-order valence-electron chi connectivity index (χ2n) is 5.01. The minimum Gasteiger partial charge on any atom is -0.352 e. The summed E-state index contributed by atoms with van der Waals surface area (Å²) in [6.07, 6.45) is -3.97. The molecule has 0 atom stereocenters. The van der Waals surface area contributed by atoms with Crippen molar-refractivity contribution in [1.29, 1.82) is 0 Å². The fraction of sp³-hybridized carbons (Fsp3) is 0.188. The molecule has 0 bridgehead atoms. The van der Waals surface area contributed by atoms with Gasteiger partial charge in [0.05, 0.1) is 12.0 Å². The number of halogens is 3. The number of carbonyl (C=O) groups excluding carboxylic acids is 1. The van der Waals surface area contributed by atoms with Crippen LogP contribution in [0.1, 0.15) is 16.7 Å². The molecule has 0 saturated carbocycles. The Morgan fingerprint density at radius 2 is 1.57 bits per heavy atom. The Morgan fingerprint density at radius 1 is 0.905 bits per heavy atom. The summed E-state index contributed by atoms with van der Waals surface area (Å²) in [5.74, 6) is -0.00946. The van der Waals surface area contributed by atoms with E-state index in [-0.39, 0.29) is 5.91 Å². The van der Waals surface area contributed by atoms with Crippen LogP contribution >= 0.6 is 0 Å². The largest absolute Gasteiger partial charge is 0.416 e. The Bertz CT molecular complexity index is 690. The normalized spacial score (nSPS) is 14.5. The zero-order chi connectivity index (χ0) is 15.0. The molecule has 0 unspecified atom stereocenters. The van der Waals surface area contributed by atoms with Gasteiger partial charge in [-0.2, -0.15) is 13.2 Å². The molecule has 0 spiro atoms. The monoisotopic (exact) mass is 291 g/mol. The van der Waals surface area contributed by atoms with Gasteiger partial charge in [-0.15, -0.1) is 0 Å². The van der Waals surface area contributed by atoms with E-state index in [2.05, 4.69) is 5.32 Å². The lowest BCUT2D eigenvalue weighted by molar-refractivity contribution is -0.137. The molecule has 2 aromatic rings. The van der Waals surface area contributed by atoms with Gasteiger partial charge in [-0.25, -0.2) is 0 Å². The Kier molecular flexibility index (Phi) is 3.20. The Hall–Kier alpha value is -2.30. The van der Waals surface area contributed by atoms with E-state index in [1.165, 1.54) is 12.1 Å². The van der Waals surface area contributed by atoms with Crippen LogP contribution in [-0.4, -0.2) is 5.91 Å². The topological polar surface area (TPSA) is 29.1 Å². The van der Waals surface area contributed by atoms with Crippen LogP contribution < -0.4 is 5.32 Å². The zero-order valence-corrected chi connectivity index (χ0v) is 11.0. The summed E-state index contributed by atoms with van der Waals surface area (Å²) in [6.45, 7) is 0.461. The average molecular weight is 291 g/mol. The minimum atomic E-state index is -4.32. The van der Waals surface area contributed by atoms with Gasteiger partial charge in [0.15, 0.2) is 0 Å². The minimum absolute atomic E-state index is 0.00946. The van der Waals surface area contributed by atoms with Gasteiger partial charge in [-0.05, 0) is 40.5 Å². The van der Waals surface area contributed by atoms with Gasteiger partial charge in [0.25, 0.3) is 0 Å². The highest BCUT2D eigenvalue weighted by Crippen LogP contribution is 2.31. The highest BCUT2D eigenvalue weighted by Gasteiger charge is 2.30. The summed E-state index contributed by atoms with van der Waals surface area (Å²) in [6, 6.07) is 10.7. The molecule has 2 aromatic carbocycles. The molecule has 0 aromatic heterocycles. The highest BCUT2D eigenvalue weighted by atomic mass is 19.4. The number of alkyl halides is 3. The maximum absolute atomic E-state index is 12.5. The van der Waals surface area contributed by atoms with Gasteiger partial charge < -0.3 is 5.32 Å². The molecule has 0 aliphatic carbocycles. The molecule has 0 saturated heterocycles. The predicted octanol–water partition coefficient (Wildman–Crippen LogP) is 3.54. The van der Waals surface area contributed by atoms with Gasteiger partial charge in [-0.3, -0.25) is 4.79 Å². The molecule has 1 aliphatic rings. The summed E-state index contributed by atoms with van der Waals surface area (Å²) in [5.41, 5.74) is 2.89. The molecular formula is C16H12F3NO. The third-order valence-electron chi connectivity index (χ3n) is 3.58. The van der Waals surface area contributed by atoms with Crippen LogP contribution in [0.25, 0.3) is 11.1 Å². The smallest absolute Gasteiger partial charge is 0.352 e. The Morgan fingerprint density at radius 3 is 2.24 bits per heavy atom. The highest BCUT2D eigenvalue weighted by molar-refractivity contribution is 5.81. The molecule has 0 radical (unpaired) electrons. The van der Waals surface area contributed by atoms with Gasteiger partial charge >= 0.3 is 6.18 Å². The van der Waals surface area contributed by atoms with Crippen LogP contribution in [0.5, 0.6) is 0 Å². The molecule has 1 N–H and O–H groups in total. The summed E-state index contributed by atoms with van der Waals surface area (Å²) >= 11 is 0. The van der Waals surface area contributed by atoms with E-state index >= 15 is 0 Å². The molecule has 108 valence electrons. The molecule has 1 aliphatic heterocycles. The average Bonchev–Trinajstić information content (AvgIpc) is 2.46. The first-order valence-corrected chi connectivity index (χ1v) is 6.49. The maximum Gasteiger partial charge on any atom is 0.416 e. The SMILES string of the molecule is O=C1Cc2ccc(-c3ccc(C(F)(F)F)cc3)cc2CN1. The van der Waals surface area contributed by atoms with Crippen molar-refractivity contribution in [2.24, 2.45) is 0 Å². The van der Waals surface area contributed by atoms with E-state index in [0.29, 0.717) is 13.0 Å². The lowest BCUT2D eigenvalue weighted by Crippen LogP contribution is -2.30. The van der Waals surface area contributed by atoms with Gasteiger partial charge in [0, 0.05) is 6.54 Å². The van der Waals surface area contributed by atoms with Crippen LogP contribution in [-0.2, 0) is 23.9 Å². The van der Waals surface area contributed by atoms with Crippen LogP contribution in [0.4, 0.5) is 13.2 Å². The van der Waals surface area contributed by atoms with Gasteiger partial charge in [0.2, 0.25) is 5.91 Å². The third-order valence-corrected chi connectivity index (χ3v) is 3.58.